The van der Waals surface area contributed by atoms with Crippen molar-refractivity contribution in [3.8, 4) is 0 Å². The molecule has 0 atom stereocenters. The lowest BCUT2D eigenvalue weighted by Crippen LogP contribution is -2.52. The molecule has 6 heteroatoms. The number of nitrogens with one attached hydrogen (secondary N) is 1. The summed E-state index contributed by atoms with van der Waals surface area (Å²) in [5.74, 6) is -0.131. The van der Waals surface area contributed by atoms with E-state index in [4.69, 9.17) is 16.3 Å². The van der Waals surface area contributed by atoms with E-state index in [0.717, 1.165) is 54.0 Å². The van der Waals surface area contributed by atoms with Gasteiger partial charge in [-0.25, -0.2) is 4.79 Å². The first kappa shape index (κ1) is 24.7. The Morgan fingerprint density at radius 2 is 1.66 bits per heavy atom. The van der Waals surface area contributed by atoms with Crippen LogP contribution in [0.25, 0.3) is 0 Å². The van der Waals surface area contributed by atoms with Crippen LogP contribution < -0.4 is 5.32 Å². The van der Waals surface area contributed by atoms with Gasteiger partial charge in [-0.1, -0.05) is 41.9 Å². The maximum atomic E-state index is 13.8. The van der Waals surface area contributed by atoms with Crippen LogP contribution >= 0.6 is 18.9 Å². The molecule has 3 rings (SSSR count). The number of benzene rings is 2. The van der Waals surface area contributed by atoms with Crippen LogP contribution in [-0.4, -0.2) is 35.5 Å². The predicted molar refractivity (Wildman–Crippen MR) is 135 cm³/mol. The molecule has 0 radical (unpaired) electrons. The first-order valence-corrected chi connectivity index (χ1v) is 14.1. The van der Waals surface area contributed by atoms with Crippen LogP contribution in [0.1, 0.15) is 49.8 Å². The number of amides is 1. The minimum Gasteiger partial charge on any atom is -0.458 e. The van der Waals surface area contributed by atoms with Gasteiger partial charge in [0.1, 0.15) is 6.61 Å². The average Bonchev–Trinajstić information content (AvgIpc) is 2.74. The number of esters is 1. The van der Waals surface area contributed by atoms with Crippen molar-refractivity contribution in [1.29, 1.82) is 0 Å². The Morgan fingerprint density at radius 3 is 2.16 bits per heavy atom. The number of hydrogen-bond acceptors (Lipinski definition) is 3. The molecule has 0 spiro atoms. The molecule has 1 aliphatic rings. The largest absolute Gasteiger partial charge is 0.458 e. The fourth-order valence-electron chi connectivity index (χ4n) is 5.00. The molecule has 0 aromatic heterocycles. The van der Waals surface area contributed by atoms with Crippen molar-refractivity contribution < 1.29 is 14.3 Å². The quantitative estimate of drug-likeness (QED) is 0.328. The van der Waals surface area contributed by atoms with Gasteiger partial charge in [0.05, 0.1) is 12.3 Å². The summed E-state index contributed by atoms with van der Waals surface area (Å²) in [4.78, 5) is 26.7. The maximum absolute atomic E-state index is 13.8. The molecule has 32 heavy (non-hydrogen) atoms. The van der Waals surface area contributed by atoms with Gasteiger partial charge in [0.2, 0.25) is 0 Å². The summed E-state index contributed by atoms with van der Waals surface area (Å²) < 4.78 is 5.64. The van der Waals surface area contributed by atoms with E-state index >= 15 is 0 Å². The molecule has 1 aliphatic carbocycles. The molecule has 0 aliphatic heterocycles. The summed E-state index contributed by atoms with van der Waals surface area (Å²) in [7, 11) is -1.92. The third kappa shape index (κ3) is 4.87. The fourth-order valence-corrected chi connectivity index (χ4v) is 10.1. The van der Waals surface area contributed by atoms with E-state index in [9.17, 15) is 9.59 Å². The second kappa shape index (κ2) is 10.4. The highest BCUT2D eigenvalue weighted by Crippen LogP contribution is 2.74. The molecule has 1 fully saturated rings. The van der Waals surface area contributed by atoms with E-state index in [0.29, 0.717) is 11.2 Å². The van der Waals surface area contributed by atoms with Crippen LogP contribution in [0.4, 0.5) is 5.69 Å². The summed E-state index contributed by atoms with van der Waals surface area (Å²) in [6, 6.07) is 13.5. The zero-order valence-electron chi connectivity index (χ0n) is 19.5. The van der Waals surface area contributed by atoms with Gasteiger partial charge in [-0.15, -0.1) is 0 Å². The number of carbonyl (C=O) groups is 2. The van der Waals surface area contributed by atoms with Gasteiger partial charge in [-0.05, 0) is 75.8 Å². The van der Waals surface area contributed by atoms with Gasteiger partial charge in [-0.2, -0.15) is 0 Å². The molecule has 0 saturated heterocycles. The van der Waals surface area contributed by atoms with E-state index in [1.807, 2.05) is 56.3 Å². The van der Waals surface area contributed by atoms with Crippen molar-refractivity contribution in [2.45, 2.75) is 58.7 Å². The summed E-state index contributed by atoms with van der Waals surface area (Å²) in [6.45, 7) is 8.47. The third-order valence-corrected chi connectivity index (χ3v) is 13.1. The number of rotatable bonds is 9. The zero-order chi connectivity index (χ0) is 23.4. The van der Waals surface area contributed by atoms with Crippen LogP contribution in [-0.2, 0) is 20.9 Å². The highest BCUT2D eigenvalue weighted by Gasteiger charge is 2.64. The number of ether oxygens (including phenoxy) is 1. The van der Waals surface area contributed by atoms with Crippen LogP contribution in [0, 0.1) is 13.8 Å². The van der Waals surface area contributed by atoms with Gasteiger partial charge >= 0.3 is 5.97 Å². The number of aryl methyl sites for hydroxylation is 2. The molecular weight excluding hydrogens is 441 g/mol. The fraction of sp³-hybridized carbons (Fsp3) is 0.462. The lowest BCUT2D eigenvalue weighted by Gasteiger charge is -2.48. The number of halogens is 1. The topological polar surface area (TPSA) is 55.4 Å². The summed E-state index contributed by atoms with van der Waals surface area (Å²) >= 11 is 6.18. The zero-order valence-corrected chi connectivity index (χ0v) is 21.2. The lowest BCUT2D eigenvalue weighted by molar-refractivity contribution is -0.141. The average molecular weight is 475 g/mol. The summed E-state index contributed by atoms with van der Waals surface area (Å²) in [5, 5.41) is 3.44. The monoisotopic (exact) mass is 474 g/mol. The van der Waals surface area contributed by atoms with Crippen molar-refractivity contribution in [2.24, 2.45) is 0 Å². The molecule has 1 saturated carbocycles. The first-order chi connectivity index (χ1) is 15.3. The van der Waals surface area contributed by atoms with Gasteiger partial charge in [0.25, 0.3) is 5.91 Å². The van der Waals surface area contributed by atoms with Crippen molar-refractivity contribution in [2.75, 3.05) is 23.8 Å². The van der Waals surface area contributed by atoms with E-state index in [2.05, 4.69) is 19.2 Å². The van der Waals surface area contributed by atoms with Crippen LogP contribution in [0.5, 0.6) is 0 Å². The Balaban J connectivity index is 1.80. The number of anilines is 1. The van der Waals surface area contributed by atoms with Crippen molar-refractivity contribution in [3.05, 3.63) is 64.2 Å². The SMILES string of the molecule is CC[P+](CC)(CC(=O)OCc1ccccc1)C1(C(=O)Nc2c(C)cc(Cl)cc2C)CCC1. The third-order valence-electron chi connectivity index (χ3n) is 7.13. The summed E-state index contributed by atoms with van der Waals surface area (Å²) in [5.41, 5.74) is 3.72. The van der Waals surface area contributed by atoms with E-state index in [1.165, 1.54) is 0 Å². The molecule has 1 N–H and O–H groups in total. The highest BCUT2D eigenvalue weighted by atomic mass is 35.5. The molecule has 0 bridgehead atoms. The Bertz CT molecular complexity index is 945. The van der Waals surface area contributed by atoms with Crippen molar-refractivity contribution in [3.63, 3.8) is 0 Å². The molecule has 0 heterocycles. The standard InChI is InChI=1S/C26H33ClNO3P/c1-5-32(6-2,18-23(29)31-17-21-11-8-7-9-12-21)26(13-10-14-26)25(30)28-24-19(3)15-22(27)16-20(24)4/h7-9,11-12,15-16H,5-6,10,13-14,17-18H2,1-4H3/p+1. The maximum Gasteiger partial charge on any atom is 0.344 e. The Morgan fingerprint density at radius 1 is 1.06 bits per heavy atom. The van der Waals surface area contributed by atoms with Crippen molar-refractivity contribution in [1.82, 2.24) is 0 Å². The van der Waals surface area contributed by atoms with Crippen LogP contribution in [0.2, 0.25) is 5.02 Å². The van der Waals surface area contributed by atoms with Crippen molar-refractivity contribution >= 4 is 36.4 Å². The molecule has 0 unspecified atom stereocenters. The van der Waals surface area contributed by atoms with Gasteiger partial charge in [0.15, 0.2) is 11.3 Å². The second-order valence-corrected chi connectivity index (χ2v) is 14.0. The van der Waals surface area contributed by atoms with E-state index < -0.39 is 12.4 Å². The van der Waals surface area contributed by atoms with E-state index in [1.54, 1.807) is 0 Å². The predicted octanol–water partition coefficient (Wildman–Crippen LogP) is 6.62. The minimum absolute atomic E-state index is 0.0603. The molecule has 1 amide bonds. The lowest BCUT2D eigenvalue weighted by atomic mass is 9.83. The van der Waals surface area contributed by atoms with Gasteiger partial charge < -0.3 is 10.1 Å². The molecule has 172 valence electrons. The summed E-state index contributed by atoms with van der Waals surface area (Å²) in [6.07, 6.45) is 4.77. The second-order valence-electron chi connectivity index (χ2n) is 8.84. The van der Waals surface area contributed by atoms with Gasteiger partial charge in [-0.3, -0.25) is 4.79 Å². The highest BCUT2D eigenvalue weighted by molar-refractivity contribution is 7.79. The normalized spacial score (nSPS) is 15.0. The Kier molecular flexibility index (Phi) is 8.01. The Labute approximate surface area is 197 Å². The molecular formula is C26H34ClNO3P+. The smallest absolute Gasteiger partial charge is 0.344 e. The minimum atomic E-state index is -1.92. The van der Waals surface area contributed by atoms with Gasteiger partial charge in [0, 0.05) is 18.0 Å². The van der Waals surface area contributed by atoms with Crippen LogP contribution in [0.3, 0.4) is 0 Å². The first-order valence-electron chi connectivity index (χ1n) is 11.4. The number of hydrogen-bond donors (Lipinski definition) is 1. The molecule has 2 aromatic rings. The number of carbonyl (C=O) groups excluding carboxylic acids is 2. The molecule has 2 aromatic carbocycles. The van der Waals surface area contributed by atoms with E-state index in [-0.39, 0.29) is 18.5 Å². The Hall–Kier alpha value is -1.90. The van der Waals surface area contributed by atoms with Crippen LogP contribution in [0.15, 0.2) is 42.5 Å². The molecule has 4 nitrogen and oxygen atoms in total.